The molecule has 0 unspecified atom stereocenters. The van der Waals surface area contributed by atoms with Crippen molar-refractivity contribution in [3.05, 3.63) is 48.6 Å². The van der Waals surface area contributed by atoms with E-state index in [1.54, 1.807) is 0 Å². The van der Waals surface area contributed by atoms with Gasteiger partial charge < -0.3 is 0 Å². The maximum absolute atomic E-state index is 3.25. The van der Waals surface area contributed by atoms with Gasteiger partial charge in [0, 0.05) is 0 Å². The first kappa shape index (κ1) is 10.0. The van der Waals surface area contributed by atoms with Gasteiger partial charge in [-0.2, -0.15) is 0 Å². The minimum atomic E-state index is 1.05. The van der Waals surface area contributed by atoms with Gasteiger partial charge in [-0.05, 0) is 38.2 Å². The zero-order chi connectivity index (χ0) is 9.19. The van der Waals surface area contributed by atoms with E-state index in [2.05, 4.69) is 36.5 Å². The summed E-state index contributed by atoms with van der Waals surface area (Å²) in [6.45, 7) is 0. The van der Waals surface area contributed by atoms with Crippen LogP contribution in [-0.4, -0.2) is 0 Å². The maximum atomic E-state index is 3.25. The number of rotatable bonds is 0. The molecule has 1 rings (SSSR count). The van der Waals surface area contributed by atoms with Crippen molar-refractivity contribution in [3.63, 3.8) is 0 Å². The van der Waals surface area contributed by atoms with E-state index in [4.69, 9.17) is 0 Å². The first-order valence-electron chi connectivity index (χ1n) is 5.03. The van der Waals surface area contributed by atoms with Crippen LogP contribution in [0.15, 0.2) is 42.5 Å². The molecule has 0 aromatic heterocycles. The molecule has 0 aromatic rings. The second kappa shape index (κ2) is 7.60. The summed E-state index contributed by atoms with van der Waals surface area (Å²) in [6.07, 6.45) is 24.0. The maximum Gasteiger partial charge on any atom is -0.0166 e. The minimum absolute atomic E-state index is 1.05. The second-order valence-corrected chi connectivity index (χ2v) is 3.14. The van der Waals surface area contributed by atoms with Crippen LogP contribution in [0.2, 0.25) is 0 Å². The Hall–Kier alpha value is -1.04. The van der Waals surface area contributed by atoms with Gasteiger partial charge in [0.2, 0.25) is 0 Å². The van der Waals surface area contributed by atoms with Crippen molar-refractivity contribution in [1.82, 2.24) is 0 Å². The Bertz CT molecular complexity index is 216. The molecule has 0 heterocycles. The van der Waals surface area contributed by atoms with Crippen molar-refractivity contribution in [1.29, 1.82) is 0 Å². The molecule has 0 amide bonds. The molecule has 0 aromatic carbocycles. The summed E-state index contributed by atoms with van der Waals surface area (Å²) in [4.78, 5) is 0. The van der Waals surface area contributed by atoms with Crippen molar-refractivity contribution in [2.75, 3.05) is 0 Å². The molecule has 0 heteroatoms. The van der Waals surface area contributed by atoms with Gasteiger partial charge in [0.25, 0.3) is 0 Å². The van der Waals surface area contributed by atoms with Crippen LogP contribution in [0.1, 0.15) is 32.1 Å². The zero-order valence-electron chi connectivity index (χ0n) is 8.08. The molecule has 1 radical (unpaired) electrons. The lowest BCUT2D eigenvalue weighted by Gasteiger charge is -1.91. The Kier molecular flexibility index (Phi) is 5.87. The van der Waals surface area contributed by atoms with Gasteiger partial charge in [-0.1, -0.05) is 42.5 Å². The zero-order valence-corrected chi connectivity index (χ0v) is 8.08. The predicted molar refractivity (Wildman–Crippen MR) is 58.3 cm³/mol. The molecule has 69 valence electrons. The van der Waals surface area contributed by atoms with Gasteiger partial charge in [-0.15, -0.1) is 0 Å². The highest BCUT2D eigenvalue weighted by Gasteiger charge is 1.83. The highest BCUT2D eigenvalue weighted by molar-refractivity contribution is 5.10. The first-order chi connectivity index (χ1) is 6.50. The molecule has 1 aliphatic rings. The molecule has 0 saturated carbocycles. The Morgan fingerprint density at radius 1 is 0.846 bits per heavy atom. The van der Waals surface area contributed by atoms with Crippen molar-refractivity contribution in [3.8, 4) is 0 Å². The Labute approximate surface area is 81.4 Å². The van der Waals surface area contributed by atoms with Crippen LogP contribution < -0.4 is 0 Å². The fourth-order valence-corrected chi connectivity index (χ4v) is 1.21. The van der Waals surface area contributed by atoms with Gasteiger partial charge in [0.1, 0.15) is 0 Å². The number of allylic oxidation sites excluding steroid dienone is 8. The molecular formula is C13H17. The van der Waals surface area contributed by atoms with Crippen LogP contribution in [0.4, 0.5) is 0 Å². The van der Waals surface area contributed by atoms with Gasteiger partial charge >= 0.3 is 0 Å². The molecule has 0 bridgehead atoms. The van der Waals surface area contributed by atoms with E-state index in [-0.39, 0.29) is 0 Å². The fraction of sp³-hybridized carbons (Fsp3) is 0.385. The van der Waals surface area contributed by atoms with Crippen LogP contribution in [0, 0.1) is 6.08 Å². The fourth-order valence-electron chi connectivity index (χ4n) is 1.21. The molecular weight excluding hydrogens is 156 g/mol. The van der Waals surface area contributed by atoms with E-state index in [1.165, 1.54) is 19.3 Å². The molecule has 0 spiro atoms. The summed E-state index contributed by atoms with van der Waals surface area (Å²) in [7, 11) is 0. The van der Waals surface area contributed by atoms with Crippen molar-refractivity contribution >= 4 is 0 Å². The molecule has 1 aliphatic carbocycles. The van der Waals surface area contributed by atoms with Crippen LogP contribution in [-0.2, 0) is 0 Å². The third-order valence-electron chi connectivity index (χ3n) is 1.95. The van der Waals surface area contributed by atoms with Gasteiger partial charge in [0.05, 0.1) is 0 Å². The van der Waals surface area contributed by atoms with Crippen molar-refractivity contribution in [2.24, 2.45) is 0 Å². The molecule has 0 N–H and O–H groups in total. The summed E-state index contributed by atoms with van der Waals surface area (Å²) >= 11 is 0. The Balaban J connectivity index is 2.38. The standard InChI is InChI=1S/C13H17/c1-2-4-6-8-10-12-13-11-9-7-5-3-1/h1-5,8,10H,6,9,11-13H2/b3-1-,4-2+,7-5?,10-8+. The average molecular weight is 173 g/mol. The lowest BCUT2D eigenvalue weighted by molar-refractivity contribution is 0.753. The van der Waals surface area contributed by atoms with Crippen LogP contribution in [0.25, 0.3) is 0 Å². The summed E-state index contributed by atoms with van der Waals surface area (Å²) < 4.78 is 0. The van der Waals surface area contributed by atoms with E-state index < -0.39 is 0 Å². The van der Waals surface area contributed by atoms with Crippen LogP contribution >= 0.6 is 0 Å². The topological polar surface area (TPSA) is 0 Å². The smallest absolute Gasteiger partial charge is 0.0166 e. The minimum Gasteiger partial charge on any atom is -0.0882 e. The highest BCUT2D eigenvalue weighted by Crippen LogP contribution is 2.02. The lowest BCUT2D eigenvalue weighted by Crippen LogP contribution is -1.72. The molecule has 0 atom stereocenters. The molecule has 0 saturated heterocycles. The second-order valence-electron chi connectivity index (χ2n) is 3.14. The first-order valence-corrected chi connectivity index (χ1v) is 5.03. The Morgan fingerprint density at radius 3 is 2.85 bits per heavy atom. The molecule has 0 nitrogen and oxygen atoms in total. The largest absolute Gasteiger partial charge is 0.0882 e. The van der Waals surface area contributed by atoms with Crippen molar-refractivity contribution < 1.29 is 0 Å². The third-order valence-corrected chi connectivity index (χ3v) is 1.95. The van der Waals surface area contributed by atoms with Crippen LogP contribution in [0.5, 0.6) is 0 Å². The van der Waals surface area contributed by atoms with E-state index >= 15 is 0 Å². The van der Waals surface area contributed by atoms with E-state index in [0.29, 0.717) is 0 Å². The Morgan fingerprint density at radius 2 is 1.85 bits per heavy atom. The third kappa shape index (κ3) is 6.15. The number of hydrogen-bond acceptors (Lipinski definition) is 0. The average Bonchev–Trinajstić information content (AvgIpc) is 2.18. The highest BCUT2D eigenvalue weighted by atomic mass is 13.9. The molecule has 13 heavy (non-hydrogen) atoms. The number of hydrogen-bond donors (Lipinski definition) is 0. The van der Waals surface area contributed by atoms with Gasteiger partial charge in [-0.3, -0.25) is 0 Å². The molecule has 0 fully saturated rings. The quantitative estimate of drug-likeness (QED) is 0.486. The van der Waals surface area contributed by atoms with Gasteiger partial charge in [0.15, 0.2) is 0 Å². The summed E-state index contributed by atoms with van der Waals surface area (Å²) in [5.41, 5.74) is 0. The van der Waals surface area contributed by atoms with E-state index in [1.807, 2.05) is 12.2 Å². The lowest BCUT2D eigenvalue weighted by atomic mass is 10.2. The summed E-state index contributed by atoms with van der Waals surface area (Å²) in [5, 5.41) is 0. The van der Waals surface area contributed by atoms with E-state index in [0.717, 1.165) is 12.8 Å². The SMILES string of the molecule is [C]1=C/C=C\C=C\C/C=C/CCCC/1. The van der Waals surface area contributed by atoms with Crippen LogP contribution in [0.3, 0.4) is 0 Å². The normalized spacial score (nSPS) is 28.9. The summed E-state index contributed by atoms with van der Waals surface area (Å²) in [5.74, 6) is 0. The van der Waals surface area contributed by atoms with Gasteiger partial charge in [-0.25, -0.2) is 0 Å². The summed E-state index contributed by atoms with van der Waals surface area (Å²) in [6, 6.07) is 0. The molecule has 0 aliphatic heterocycles. The monoisotopic (exact) mass is 173 g/mol. The van der Waals surface area contributed by atoms with E-state index in [9.17, 15) is 0 Å². The van der Waals surface area contributed by atoms with Crippen molar-refractivity contribution in [2.45, 2.75) is 32.1 Å². The predicted octanol–water partition coefficient (Wildman–Crippen LogP) is 3.98.